The van der Waals surface area contributed by atoms with Crippen molar-refractivity contribution >= 4 is 21.6 Å². The zero-order valence-corrected chi connectivity index (χ0v) is 17.5. The van der Waals surface area contributed by atoms with E-state index >= 15 is 0 Å². The number of rotatable bonds is 6. The molecule has 33 heavy (non-hydrogen) atoms. The van der Waals surface area contributed by atoms with Crippen LogP contribution in [0, 0.1) is 17.5 Å². The van der Waals surface area contributed by atoms with Gasteiger partial charge in [0.2, 0.25) is 15.9 Å². The Balaban J connectivity index is 1.55. The number of nitrogens with one attached hydrogen (secondary N) is 1. The number of carbonyl (C=O) groups is 1. The van der Waals surface area contributed by atoms with Crippen molar-refractivity contribution in [1.29, 1.82) is 0 Å². The van der Waals surface area contributed by atoms with Gasteiger partial charge in [0, 0.05) is 26.2 Å². The minimum Gasteiger partial charge on any atom is -0.406 e. The minimum atomic E-state index is -4.90. The quantitative estimate of drug-likeness (QED) is 0.491. The molecule has 1 heterocycles. The van der Waals surface area contributed by atoms with Gasteiger partial charge in [0.15, 0.2) is 17.5 Å². The fourth-order valence-electron chi connectivity index (χ4n) is 3.11. The number of ether oxygens (including phenoxy) is 1. The van der Waals surface area contributed by atoms with E-state index in [1.54, 1.807) is 4.90 Å². The summed E-state index contributed by atoms with van der Waals surface area (Å²) < 4.78 is 107. The molecule has 1 amide bonds. The van der Waals surface area contributed by atoms with Crippen molar-refractivity contribution in [2.75, 3.05) is 38.0 Å². The van der Waals surface area contributed by atoms with Gasteiger partial charge in [-0.3, -0.25) is 9.69 Å². The normalized spacial score (nSPS) is 15.9. The maximum atomic E-state index is 13.7. The van der Waals surface area contributed by atoms with Gasteiger partial charge >= 0.3 is 6.36 Å². The summed E-state index contributed by atoms with van der Waals surface area (Å²) in [5.74, 6) is -5.92. The molecule has 14 heteroatoms. The van der Waals surface area contributed by atoms with Crippen LogP contribution in [0.2, 0.25) is 0 Å². The van der Waals surface area contributed by atoms with E-state index in [1.165, 1.54) is 0 Å². The summed E-state index contributed by atoms with van der Waals surface area (Å²) in [6.45, 7) is -0.0356. The maximum absolute atomic E-state index is 13.7. The maximum Gasteiger partial charge on any atom is 0.573 e. The molecule has 2 aromatic carbocycles. The molecule has 0 unspecified atom stereocenters. The molecule has 3 rings (SSSR count). The molecule has 0 aliphatic carbocycles. The lowest BCUT2D eigenvalue weighted by Crippen LogP contribution is -2.50. The Labute approximate surface area is 184 Å². The molecule has 1 aliphatic heterocycles. The molecule has 7 nitrogen and oxygen atoms in total. The van der Waals surface area contributed by atoms with Gasteiger partial charge in [-0.25, -0.2) is 21.6 Å². The highest BCUT2D eigenvalue weighted by Gasteiger charge is 2.32. The third kappa shape index (κ3) is 6.15. The van der Waals surface area contributed by atoms with E-state index in [0.717, 1.165) is 34.6 Å². The number of carbonyl (C=O) groups excluding carboxylic acids is 1. The zero-order chi connectivity index (χ0) is 24.4. The summed E-state index contributed by atoms with van der Waals surface area (Å²) in [6, 6.07) is 5.30. The van der Waals surface area contributed by atoms with E-state index in [-0.39, 0.29) is 37.6 Å². The molecule has 1 N–H and O–H groups in total. The van der Waals surface area contributed by atoms with Gasteiger partial charge in [-0.15, -0.1) is 13.2 Å². The summed E-state index contributed by atoms with van der Waals surface area (Å²) in [5.41, 5.74) is -0.530. The number of benzene rings is 2. The molecule has 180 valence electrons. The molecule has 1 aliphatic rings. The molecule has 0 bridgehead atoms. The number of piperazine rings is 1. The highest BCUT2D eigenvalue weighted by molar-refractivity contribution is 7.89. The average Bonchev–Trinajstić information content (AvgIpc) is 2.74. The van der Waals surface area contributed by atoms with Gasteiger partial charge in [0.25, 0.3) is 0 Å². The third-order valence-electron chi connectivity index (χ3n) is 4.70. The van der Waals surface area contributed by atoms with Crippen LogP contribution in [0.15, 0.2) is 41.3 Å². The number of amides is 1. The molecule has 0 atom stereocenters. The predicted molar refractivity (Wildman–Crippen MR) is 103 cm³/mol. The predicted octanol–water partition coefficient (Wildman–Crippen LogP) is 2.95. The summed E-state index contributed by atoms with van der Waals surface area (Å²) in [6.07, 6.45) is -4.90. The van der Waals surface area contributed by atoms with Crippen molar-refractivity contribution in [2.45, 2.75) is 11.3 Å². The Hall–Kier alpha value is -2.84. The highest BCUT2D eigenvalue weighted by Crippen LogP contribution is 2.25. The topological polar surface area (TPSA) is 79.0 Å². The lowest BCUT2D eigenvalue weighted by atomic mass is 10.2. The molecule has 1 fully saturated rings. The Morgan fingerprint density at radius 2 is 1.55 bits per heavy atom. The largest absolute Gasteiger partial charge is 0.573 e. The molecular weight excluding hydrogens is 480 g/mol. The van der Waals surface area contributed by atoms with Crippen molar-refractivity contribution in [2.24, 2.45) is 0 Å². The standard InChI is InChI=1S/C19H17F6N3O4S/c20-14-5-6-15(18(22)17(14)21)26-16(29)11-27-7-9-28(10-8-27)33(30,31)13-3-1-12(2-4-13)32-19(23,24)25/h1-6H,7-11H2,(H,26,29). The first-order valence-corrected chi connectivity index (χ1v) is 10.8. The second-order valence-electron chi connectivity index (χ2n) is 6.97. The van der Waals surface area contributed by atoms with Crippen LogP contribution in [0.4, 0.5) is 32.0 Å². The van der Waals surface area contributed by atoms with Gasteiger partial charge in [-0.1, -0.05) is 0 Å². The van der Waals surface area contributed by atoms with Crippen LogP contribution in [-0.4, -0.2) is 62.6 Å². The van der Waals surface area contributed by atoms with E-state index in [2.05, 4.69) is 10.1 Å². The van der Waals surface area contributed by atoms with Crippen molar-refractivity contribution in [1.82, 2.24) is 9.21 Å². The van der Waals surface area contributed by atoms with Crippen LogP contribution in [0.25, 0.3) is 0 Å². The Morgan fingerprint density at radius 3 is 2.12 bits per heavy atom. The number of hydrogen-bond donors (Lipinski definition) is 1. The lowest BCUT2D eigenvalue weighted by Gasteiger charge is -2.33. The molecule has 1 saturated heterocycles. The molecule has 0 aromatic heterocycles. The van der Waals surface area contributed by atoms with Crippen LogP contribution in [-0.2, 0) is 14.8 Å². The number of anilines is 1. The van der Waals surface area contributed by atoms with Crippen molar-refractivity contribution < 1.29 is 44.3 Å². The Morgan fingerprint density at radius 1 is 0.939 bits per heavy atom. The van der Waals surface area contributed by atoms with Crippen LogP contribution in [0.5, 0.6) is 5.75 Å². The van der Waals surface area contributed by atoms with E-state index in [4.69, 9.17) is 0 Å². The smallest absolute Gasteiger partial charge is 0.406 e. The SMILES string of the molecule is O=C(CN1CCN(S(=O)(=O)c2ccc(OC(F)(F)F)cc2)CC1)Nc1ccc(F)c(F)c1F. The van der Waals surface area contributed by atoms with Gasteiger partial charge in [-0.05, 0) is 36.4 Å². The second-order valence-corrected chi connectivity index (χ2v) is 8.91. The average molecular weight is 497 g/mol. The summed E-state index contributed by atoms with van der Waals surface area (Å²) in [4.78, 5) is 13.4. The lowest BCUT2D eigenvalue weighted by molar-refractivity contribution is -0.274. The number of halogens is 6. The molecular formula is C19H17F6N3O4S. The number of sulfonamides is 1. The monoisotopic (exact) mass is 497 g/mol. The minimum absolute atomic E-state index is 0.0179. The van der Waals surface area contributed by atoms with Crippen LogP contribution < -0.4 is 10.1 Å². The number of hydrogen-bond acceptors (Lipinski definition) is 5. The molecule has 0 spiro atoms. The van der Waals surface area contributed by atoms with Crippen LogP contribution in [0.1, 0.15) is 0 Å². The van der Waals surface area contributed by atoms with E-state index in [0.29, 0.717) is 6.07 Å². The van der Waals surface area contributed by atoms with Gasteiger partial charge in [0.1, 0.15) is 5.75 Å². The fourth-order valence-corrected chi connectivity index (χ4v) is 4.53. The van der Waals surface area contributed by atoms with Gasteiger partial charge in [-0.2, -0.15) is 4.31 Å². The van der Waals surface area contributed by atoms with Gasteiger partial charge in [0.05, 0.1) is 17.1 Å². The molecule has 0 saturated carbocycles. The molecule has 2 aromatic rings. The first-order valence-electron chi connectivity index (χ1n) is 9.38. The highest BCUT2D eigenvalue weighted by atomic mass is 32.2. The van der Waals surface area contributed by atoms with E-state index in [1.807, 2.05) is 0 Å². The fraction of sp³-hybridized carbons (Fsp3) is 0.316. The summed E-state index contributed by atoms with van der Waals surface area (Å²) >= 11 is 0. The zero-order valence-electron chi connectivity index (χ0n) is 16.7. The van der Waals surface area contributed by atoms with Crippen LogP contribution in [0.3, 0.4) is 0 Å². The third-order valence-corrected chi connectivity index (χ3v) is 6.62. The van der Waals surface area contributed by atoms with E-state index in [9.17, 15) is 39.6 Å². The summed E-state index contributed by atoms with van der Waals surface area (Å²) in [5, 5.41) is 2.13. The summed E-state index contributed by atoms with van der Waals surface area (Å²) in [7, 11) is -3.99. The number of alkyl halides is 3. The van der Waals surface area contributed by atoms with Crippen molar-refractivity contribution in [3.05, 3.63) is 53.8 Å². The first-order chi connectivity index (χ1) is 15.4. The van der Waals surface area contributed by atoms with Gasteiger partial charge < -0.3 is 10.1 Å². The van der Waals surface area contributed by atoms with Crippen LogP contribution >= 0.6 is 0 Å². The molecule has 0 radical (unpaired) electrons. The Kier molecular flexibility index (Phi) is 7.19. The van der Waals surface area contributed by atoms with Crippen molar-refractivity contribution in [3.63, 3.8) is 0 Å². The number of nitrogens with zero attached hydrogens (tertiary/aromatic N) is 2. The Bertz CT molecular complexity index is 1120. The van der Waals surface area contributed by atoms with E-state index < -0.39 is 51.2 Å². The second kappa shape index (κ2) is 9.57. The van der Waals surface area contributed by atoms with Crippen molar-refractivity contribution in [3.8, 4) is 5.75 Å². The first kappa shape index (κ1) is 24.8.